The van der Waals surface area contributed by atoms with Crippen molar-refractivity contribution in [2.24, 2.45) is 0 Å². The Labute approximate surface area is 177 Å². The van der Waals surface area contributed by atoms with E-state index in [-0.39, 0.29) is 11.3 Å². The molecular weight excluding hydrogens is 400 g/mol. The number of hydrogen-bond donors (Lipinski definition) is 0. The third kappa shape index (κ3) is 4.40. The van der Waals surface area contributed by atoms with Crippen LogP contribution < -0.4 is 10.3 Å². The van der Waals surface area contributed by atoms with E-state index in [2.05, 4.69) is 4.90 Å². The fourth-order valence-corrected chi connectivity index (χ4v) is 3.55. The van der Waals surface area contributed by atoms with Crippen LogP contribution in [0.5, 0.6) is 5.75 Å². The zero-order chi connectivity index (χ0) is 21.8. The highest BCUT2D eigenvalue weighted by Crippen LogP contribution is 2.24. The van der Waals surface area contributed by atoms with Crippen molar-refractivity contribution in [2.75, 3.05) is 39.5 Å². The maximum Gasteiger partial charge on any atom is 0.273 e. The predicted octanol–water partition coefficient (Wildman–Crippen LogP) is 2.48. The lowest BCUT2D eigenvalue weighted by Crippen LogP contribution is -2.38. The number of fused-ring (bicyclic) bond motifs is 1. The summed E-state index contributed by atoms with van der Waals surface area (Å²) in [6.45, 7) is 4.44. The molecule has 0 radical (unpaired) electrons. The van der Waals surface area contributed by atoms with Gasteiger partial charge < -0.3 is 9.47 Å². The van der Waals surface area contributed by atoms with Crippen molar-refractivity contribution in [1.82, 2.24) is 9.47 Å². The highest BCUT2D eigenvalue weighted by atomic mass is 16.6. The fourth-order valence-electron chi connectivity index (χ4n) is 3.55. The molecular formula is C22H20N4O5. The van der Waals surface area contributed by atoms with Crippen LogP contribution in [0, 0.1) is 21.4 Å². The van der Waals surface area contributed by atoms with Gasteiger partial charge in [-0.3, -0.25) is 24.4 Å². The average Bonchev–Trinajstić information content (AvgIpc) is 2.79. The number of pyridine rings is 1. The number of non-ortho nitro benzene ring substituents is 1. The topological polar surface area (TPSA) is 111 Å². The van der Waals surface area contributed by atoms with Gasteiger partial charge in [0.25, 0.3) is 11.2 Å². The largest absolute Gasteiger partial charge is 0.492 e. The molecule has 2 heterocycles. The van der Waals surface area contributed by atoms with E-state index >= 15 is 0 Å². The number of benzene rings is 2. The third-order valence-electron chi connectivity index (χ3n) is 5.20. The van der Waals surface area contributed by atoms with E-state index < -0.39 is 10.5 Å². The Morgan fingerprint density at radius 3 is 2.55 bits per heavy atom. The molecule has 1 aliphatic rings. The molecule has 0 N–H and O–H groups in total. The van der Waals surface area contributed by atoms with Gasteiger partial charge in [-0.05, 0) is 30.3 Å². The first-order valence-electron chi connectivity index (χ1n) is 9.84. The number of rotatable bonds is 6. The normalized spacial score (nSPS) is 14.3. The zero-order valence-corrected chi connectivity index (χ0v) is 16.7. The van der Waals surface area contributed by atoms with E-state index in [9.17, 15) is 20.2 Å². The lowest BCUT2D eigenvalue weighted by atomic mass is 10.1. The second-order valence-electron chi connectivity index (χ2n) is 7.11. The first kappa shape index (κ1) is 20.5. The van der Waals surface area contributed by atoms with Crippen molar-refractivity contribution in [1.29, 1.82) is 5.26 Å². The number of nitro groups is 1. The van der Waals surface area contributed by atoms with Crippen molar-refractivity contribution >= 4 is 16.6 Å². The van der Waals surface area contributed by atoms with Crippen molar-refractivity contribution in [3.63, 3.8) is 0 Å². The van der Waals surface area contributed by atoms with Crippen molar-refractivity contribution in [3.8, 4) is 17.5 Å². The van der Waals surface area contributed by atoms with Gasteiger partial charge in [0, 0.05) is 48.9 Å². The van der Waals surface area contributed by atoms with E-state index in [0.29, 0.717) is 28.9 Å². The molecule has 31 heavy (non-hydrogen) atoms. The number of nitrogens with zero attached hydrogens (tertiary/aromatic N) is 4. The van der Waals surface area contributed by atoms with E-state index in [4.69, 9.17) is 9.47 Å². The zero-order valence-electron chi connectivity index (χ0n) is 16.7. The monoisotopic (exact) mass is 420 g/mol. The summed E-state index contributed by atoms with van der Waals surface area (Å²) in [4.78, 5) is 25.6. The van der Waals surface area contributed by atoms with Crippen LogP contribution in [0.2, 0.25) is 0 Å². The van der Waals surface area contributed by atoms with Crippen LogP contribution in [0.15, 0.2) is 53.3 Å². The predicted molar refractivity (Wildman–Crippen MR) is 114 cm³/mol. The van der Waals surface area contributed by atoms with Gasteiger partial charge in [0.05, 0.1) is 23.7 Å². The second kappa shape index (κ2) is 8.95. The quantitative estimate of drug-likeness (QED) is 0.445. The Bertz CT molecular complexity index is 1210. The lowest BCUT2D eigenvalue weighted by molar-refractivity contribution is -0.384. The summed E-state index contributed by atoms with van der Waals surface area (Å²) < 4.78 is 12.6. The summed E-state index contributed by atoms with van der Waals surface area (Å²) in [5, 5.41) is 21.0. The van der Waals surface area contributed by atoms with Gasteiger partial charge >= 0.3 is 0 Å². The van der Waals surface area contributed by atoms with Gasteiger partial charge in [0.15, 0.2) is 0 Å². The molecule has 0 amide bonds. The minimum absolute atomic E-state index is 0.00756. The van der Waals surface area contributed by atoms with Gasteiger partial charge in [-0.25, -0.2) is 0 Å². The number of ether oxygens (including phenoxy) is 2. The summed E-state index contributed by atoms with van der Waals surface area (Å²) in [5.41, 5.74) is 0.413. The van der Waals surface area contributed by atoms with Crippen LogP contribution >= 0.6 is 0 Å². The molecule has 4 rings (SSSR count). The molecule has 9 heteroatoms. The number of nitriles is 1. The fraction of sp³-hybridized carbons (Fsp3) is 0.273. The third-order valence-corrected chi connectivity index (χ3v) is 5.20. The second-order valence-corrected chi connectivity index (χ2v) is 7.11. The Morgan fingerprint density at radius 1 is 1.13 bits per heavy atom. The standard InChI is InChI=1S/C22H20N4O5/c23-15-17-13-16-1-6-20(31-12-9-24-7-10-30-11-8-24)14-21(16)25(22(17)27)18-2-4-19(5-3-18)26(28)29/h1-6,13-14H,7-12H2. The summed E-state index contributed by atoms with van der Waals surface area (Å²) in [5.74, 6) is 0.598. The molecule has 0 bridgehead atoms. The molecule has 0 saturated carbocycles. The van der Waals surface area contributed by atoms with E-state index in [1.807, 2.05) is 6.07 Å². The lowest BCUT2D eigenvalue weighted by Gasteiger charge is -2.26. The molecule has 0 aliphatic carbocycles. The molecule has 1 saturated heterocycles. The molecule has 0 unspecified atom stereocenters. The number of hydrogen-bond acceptors (Lipinski definition) is 7. The van der Waals surface area contributed by atoms with Gasteiger partial charge in [0.1, 0.15) is 24.0 Å². The van der Waals surface area contributed by atoms with Gasteiger partial charge in [0.2, 0.25) is 0 Å². The first-order valence-corrected chi connectivity index (χ1v) is 9.84. The Morgan fingerprint density at radius 2 is 1.87 bits per heavy atom. The molecule has 1 aliphatic heterocycles. The Kier molecular flexibility index (Phi) is 5.93. The highest BCUT2D eigenvalue weighted by Gasteiger charge is 2.14. The summed E-state index contributed by atoms with van der Waals surface area (Å²) in [6.07, 6.45) is 0. The van der Waals surface area contributed by atoms with Crippen LogP contribution in [0.25, 0.3) is 16.6 Å². The molecule has 1 aromatic heterocycles. The molecule has 0 atom stereocenters. The average molecular weight is 420 g/mol. The molecule has 158 valence electrons. The summed E-state index contributed by atoms with van der Waals surface area (Å²) in [6, 6.07) is 14.4. The smallest absolute Gasteiger partial charge is 0.273 e. The van der Waals surface area contributed by atoms with Crippen molar-refractivity contribution in [2.45, 2.75) is 0 Å². The first-order chi connectivity index (χ1) is 15.1. The maximum atomic E-state index is 12.9. The molecule has 1 fully saturated rings. The van der Waals surface area contributed by atoms with Gasteiger partial charge in [-0.2, -0.15) is 5.26 Å². The van der Waals surface area contributed by atoms with Crippen LogP contribution in [0.4, 0.5) is 5.69 Å². The van der Waals surface area contributed by atoms with Crippen LogP contribution in [-0.2, 0) is 4.74 Å². The number of aromatic nitrogens is 1. The van der Waals surface area contributed by atoms with Gasteiger partial charge in [-0.15, -0.1) is 0 Å². The molecule has 2 aromatic carbocycles. The van der Waals surface area contributed by atoms with E-state index in [1.165, 1.54) is 34.9 Å². The van der Waals surface area contributed by atoms with Crippen molar-refractivity contribution < 1.29 is 14.4 Å². The van der Waals surface area contributed by atoms with E-state index in [0.717, 1.165) is 32.8 Å². The highest BCUT2D eigenvalue weighted by molar-refractivity contribution is 5.83. The minimum Gasteiger partial charge on any atom is -0.492 e. The molecule has 3 aromatic rings. The Balaban J connectivity index is 1.68. The van der Waals surface area contributed by atoms with Crippen LogP contribution in [0.1, 0.15) is 5.56 Å². The SMILES string of the molecule is N#Cc1cc2ccc(OCCN3CCOCC3)cc2n(-c2ccc([N+](=O)[O-])cc2)c1=O. The number of nitro benzene ring substituents is 1. The summed E-state index contributed by atoms with van der Waals surface area (Å²) in [7, 11) is 0. The van der Waals surface area contributed by atoms with Gasteiger partial charge in [-0.1, -0.05) is 0 Å². The van der Waals surface area contributed by atoms with Crippen LogP contribution in [0.3, 0.4) is 0 Å². The van der Waals surface area contributed by atoms with Crippen LogP contribution in [-0.4, -0.2) is 53.8 Å². The van der Waals surface area contributed by atoms with E-state index in [1.54, 1.807) is 18.2 Å². The minimum atomic E-state index is -0.503. The summed E-state index contributed by atoms with van der Waals surface area (Å²) >= 11 is 0. The number of morpholine rings is 1. The Hall–Kier alpha value is -3.74. The van der Waals surface area contributed by atoms with Crippen molar-refractivity contribution in [3.05, 3.63) is 74.6 Å². The maximum absolute atomic E-state index is 12.9. The molecule has 0 spiro atoms. The molecule has 9 nitrogen and oxygen atoms in total.